The van der Waals surface area contributed by atoms with Crippen LogP contribution in [0, 0.1) is 0 Å². The molecule has 0 fully saturated rings. The van der Waals surface area contributed by atoms with Gasteiger partial charge in [0.15, 0.2) is 0 Å². The van der Waals surface area contributed by atoms with E-state index in [0.29, 0.717) is 26.4 Å². The molecule has 0 unspecified atom stereocenters. The number of ether oxygens (including phenoxy) is 11. The number of nitrogens with one attached hydrogen (secondary N) is 2. The zero-order valence-electron chi connectivity index (χ0n) is 30.7. The third kappa shape index (κ3) is 34.8. The van der Waals surface area contributed by atoms with Gasteiger partial charge in [0.1, 0.15) is 46.2 Å². The highest BCUT2D eigenvalue weighted by atomic mass is 16.6. The van der Waals surface area contributed by atoms with Gasteiger partial charge in [0, 0.05) is 39.7 Å². The molecular formula is C32H57N3O17. The van der Waals surface area contributed by atoms with Crippen LogP contribution in [0.25, 0.3) is 0 Å². The first-order valence-corrected chi connectivity index (χ1v) is 17.1. The minimum Gasteiger partial charge on any atom is -0.465 e. The molecule has 0 aliphatic rings. The Morgan fingerprint density at radius 1 is 0.481 bits per heavy atom. The molecule has 20 nitrogen and oxygen atoms in total. The van der Waals surface area contributed by atoms with Crippen LogP contribution in [0.4, 0.5) is 4.79 Å². The molecule has 0 aliphatic heterocycles. The topological polar surface area (TPSA) is 231 Å². The summed E-state index contributed by atoms with van der Waals surface area (Å²) in [5, 5.41) is 5.25. The molecule has 0 saturated heterocycles. The molecule has 0 spiro atoms. The number of rotatable bonds is 35. The second-order valence-corrected chi connectivity index (χ2v) is 10.3. The Bertz CT molecular complexity index is 973. The maximum Gasteiger partial charge on any atom is 0.407 e. The second kappa shape index (κ2) is 35.7. The molecule has 0 aromatic rings. The lowest BCUT2D eigenvalue weighted by atomic mass is 10.4. The van der Waals surface area contributed by atoms with E-state index >= 15 is 0 Å². The van der Waals surface area contributed by atoms with Gasteiger partial charge in [0.25, 0.3) is 0 Å². The number of esters is 4. The fraction of sp³-hybridized carbons (Fsp3) is 0.812. The van der Waals surface area contributed by atoms with E-state index in [1.807, 2.05) is 6.92 Å². The summed E-state index contributed by atoms with van der Waals surface area (Å²) < 4.78 is 56.1. The van der Waals surface area contributed by atoms with Crippen LogP contribution in [0.1, 0.15) is 27.2 Å². The van der Waals surface area contributed by atoms with Crippen LogP contribution >= 0.6 is 0 Å². The van der Waals surface area contributed by atoms with Gasteiger partial charge in [0.2, 0.25) is 5.91 Å². The fourth-order valence-corrected chi connectivity index (χ4v) is 3.47. The van der Waals surface area contributed by atoms with Crippen molar-refractivity contribution in [1.82, 2.24) is 15.5 Å². The van der Waals surface area contributed by atoms with Gasteiger partial charge in [0.05, 0.1) is 66.0 Å². The van der Waals surface area contributed by atoms with Crippen molar-refractivity contribution < 1.29 is 80.9 Å². The highest BCUT2D eigenvalue weighted by Crippen LogP contribution is 1.93. The van der Waals surface area contributed by atoms with Gasteiger partial charge in [-0.15, -0.1) is 0 Å². The Morgan fingerprint density at radius 3 is 1.46 bits per heavy atom. The third-order valence-corrected chi connectivity index (χ3v) is 5.86. The lowest BCUT2D eigenvalue weighted by Crippen LogP contribution is -2.41. The average molecular weight is 756 g/mol. The molecule has 0 saturated carbocycles. The van der Waals surface area contributed by atoms with E-state index in [0.717, 1.165) is 6.42 Å². The summed E-state index contributed by atoms with van der Waals surface area (Å²) in [7, 11) is 0. The predicted octanol–water partition coefficient (Wildman–Crippen LogP) is -1.15. The zero-order valence-corrected chi connectivity index (χ0v) is 30.7. The van der Waals surface area contributed by atoms with Crippen molar-refractivity contribution in [2.45, 2.75) is 27.2 Å². The number of alkyl carbamates (subject to hydrolysis) is 1. The molecule has 0 heterocycles. The maximum absolute atomic E-state index is 12.4. The number of carbonyl (C=O) groups excluding carboxylic acids is 6. The standard InChI is InChI=1S/C32H57N3O17/c1-4-10-52-32(41)34-7-12-44-16-18-46-20-22-51-31(40)26-47-25-30(39)49-14-9-35(8-13-48-27(3)36)23-28(37)33-6-11-43-15-17-45-19-21-50-29(38)24-42-5-2/h4-26H2,1-3H3,(H,33,37)(H,34,41). The van der Waals surface area contributed by atoms with E-state index < -0.39 is 43.2 Å². The summed E-state index contributed by atoms with van der Waals surface area (Å²) in [6.45, 7) is 7.55. The molecule has 0 rings (SSSR count). The van der Waals surface area contributed by atoms with Crippen molar-refractivity contribution in [3.8, 4) is 0 Å². The van der Waals surface area contributed by atoms with E-state index in [1.54, 1.807) is 11.8 Å². The Kier molecular flexibility index (Phi) is 33.2. The minimum atomic E-state index is -0.725. The van der Waals surface area contributed by atoms with Gasteiger partial charge in [-0.1, -0.05) is 6.92 Å². The smallest absolute Gasteiger partial charge is 0.407 e. The number of nitrogens with zero attached hydrogens (tertiary/aromatic N) is 1. The van der Waals surface area contributed by atoms with Crippen molar-refractivity contribution in [2.75, 3.05) is 145 Å². The van der Waals surface area contributed by atoms with E-state index in [4.69, 9.17) is 52.1 Å². The van der Waals surface area contributed by atoms with Gasteiger partial charge in [-0.25, -0.2) is 19.2 Å². The van der Waals surface area contributed by atoms with Crippen LogP contribution in [0.5, 0.6) is 0 Å². The molecule has 2 amide bonds. The lowest BCUT2D eigenvalue weighted by molar-refractivity contribution is -0.156. The summed E-state index contributed by atoms with van der Waals surface area (Å²) in [4.78, 5) is 71.6. The van der Waals surface area contributed by atoms with Crippen molar-refractivity contribution in [3.05, 3.63) is 0 Å². The van der Waals surface area contributed by atoms with Crippen molar-refractivity contribution in [2.24, 2.45) is 0 Å². The molecule has 302 valence electrons. The van der Waals surface area contributed by atoms with Crippen LogP contribution in [0.2, 0.25) is 0 Å². The van der Waals surface area contributed by atoms with Crippen LogP contribution in [-0.4, -0.2) is 186 Å². The summed E-state index contributed by atoms with van der Waals surface area (Å²) in [6, 6.07) is 0. The van der Waals surface area contributed by atoms with Gasteiger partial charge >= 0.3 is 30.0 Å². The summed E-state index contributed by atoms with van der Waals surface area (Å²) in [6.07, 6.45) is 0.250. The average Bonchev–Trinajstić information content (AvgIpc) is 3.11. The molecule has 0 aromatic carbocycles. The molecular weight excluding hydrogens is 698 g/mol. The number of amides is 2. The van der Waals surface area contributed by atoms with E-state index in [2.05, 4.69) is 10.6 Å². The zero-order chi connectivity index (χ0) is 38.5. The number of hydrogen-bond donors (Lipinski definition) is 2. The van der Waals surface area contributed by atoms with E-state index in [1.165, 1.54) is 6.92 Å². The van der Waals surface area contributed by atoms with Crippen molar-refractivity contribution in [1.29, 1.82) is 0 Å². The Morgan fingerprint density at radius 2 is 0.942 bits per heavy atom. The predicted molar refractivity (Wildman–Crippen MR) is 179 cm³/mol. The van der Waals surface area contributed by atoms with Crippen LogP contribution in [0.3, 0.4) is 0 Å². The molecule has 0 aliphatic carbocycles. The molecule has 2 N–H and O–H groups in total. The number of hydrogen-bond acceptors (Lipinski definition) is 18. The second-order valence-electron chi connectivity index (χ2n) is 10.3. The molecule has 0 radical (unpaired) electrons. The van der Waals surface area contributed by atoms with Crippen molar-refractivity contribution in [3.63, 3.8) is 0 Å². The first kappa shape index (κ1) is 48.3. The van der Waals surface area contributed by atoms with Crippen LogP contribution < -0.4 is 10.6 Å². The first-order valence-electron chi connectivity index (χ1n) is 17.1. The molecule has 0 bridgehead atoms. The van der Waals surface area contributed by atoms with Crippen LogP contribution in [0.15, 0.2) is 0 Å². The summed E-state index contributed by atoms with van der Waals surface area (Å²) in [5.74, 6) is -2.67. The van der Waals surface area contributed by atoms with E-state index in [-0.39, 0.29) is 111 Å². The first-order chi connectivity index (χ1) is 25.2. The summed E-state index contributed by atoms with van der Waals surface area (Å²) >= 11 is 0. The maximum atomic E-state index is 12.4. The van der Waals surface area contributed by atoms with Gasteiger partial charge in [-0.05, 0) is 13.3 Å². The monoisotopic (exact) mass is 755 g/mol. The van der Waals surface area contributed by atoms with Crippen molar-refractivity contribution >= 4 is 35.9 Å². The lowest BCUT2D eigenvalue weighted by Gasteiger charge is -2.21. The quantitative estimate of drug-likeness (QED) is 0.0442. The fourth-order valence-electron chi connectivity index (χ4n) is 3.47. The summed E-state index contributed by atoms with van der Waals surface area (Å²) in [5.41, 5.74) is 0. The Labute approximate surface area is 304 Å². The Balaban J connectivity index is 3.97. The molecule has 52 heavy (non-hydrogen) atoms. The van der Waals surface area contributed by atoms with Crippen LogP contribution in [-0.2, 0) is 76.1 Å². The van der Waals surface area contributed by atoms with Gasteiger partial charge in [-0.2, -0.15) is 0 Å². The highest BCUT2D eigenvalue weighted by Gasteiger charge is 2.13. The molecule has 0 aromatic heterocycles. The Hall–Kier alpha value is -3.66. The molecule has 20 heteroatoms. The van der Waals surface area contributed by atoms with Gasteiger partial charge < -0.3 is 62.7 Å². The highest BCUT2D eigenvalue weighted by molar-refractivity contribution is 5.78. The van der Waals surface area contributed by atoms with Gasteiger partial charge in [-0.3, -0.25) is 14.5 Å². The SMILES string of the molecule is CCCOC(=O)NCCOCCOCCOC(=O)COCC(=O)OCCN(CCOC(C)=O)CC(=O)NCCOCCOCCOC(=O)COCC. The number of carbonyl (C=O) groups is 6. The minimum absolute atomic E-state index is 0.0202. The molecule has 0 atom stereocenters. The largest absolute Gasteiger partial charge is 0.465 e. The van der Waals surface area contributed by atoms with E-state index in [9.17, 15) is 28.8 Å². The normalized spacial score (nSPS) is 10.8. The third-order valence-electron chi connectivity index (χ3n) is 5.86.